The van der Waals surface area contributed by atoms with Gasteiger partial charge in [-0.05, 0) is 35.7 Å². The molecule has 0 spiro atoms. The van der Waals surface area contributed by atoms with Gasteiger partial charge in [0, 0.05) is 36.4 Å². The van der Waals surface area contributed by atoms with Crippen molar-refractivity contribution in [2.45, 2.75) is 43.8 Å². The van der Waals surface area contributed by atoms with Crippen LogP contribution in [0.4, 0.5) is 0 Å². The molecular weight excluding hydrogens is 522 g/mol. The summed E-state index contributed by atoms with van der Waals surface area (Å²) in [6.07, 6.45) is 0.730. The number of amides is 3. The lowest BCUT2D eigenvalue weighted by atomic mass is 10.0. The van der Waals surface area contributed by atoms with Gasteiger partial charge in [-0.2, -0.15) is 0 Å². The lowest BCUT2D eigenvalue weighted by Crippen LogP contribution is -2.57. The van der Waals surface area contributed by atoms with Crippen molar-refractivity contribution in [2.75, 3.05) is 6.54 Å². The molecule has 0 aliphatic heterocycles. The Bertz CT molecular complexity index is 1370. The number of para-hydroxylation sites is 1. The van der Waals surface area contributed by atoms with E-state index in [1.54, 1.807) is 24.4 Å². The normalized spacial score (nSPS) is 13.1. The van der Waals surface area contributed by atoms with E-state index in [0.717, 1.165) is 10.9 Å². The summed E-state index contributed by atoms with van der Waals surface area (Å²) < 4.78 is 0. The molecule has 1 heterocycles. The number of aliphatic carboxylic acids is 2. The number of H-pyrrole nitrogens is 1. The first-order chi connectivity index (χ1) is 19.1. The molecule has 13 nitrogen and oxygen atoms in total. The fraction of sp³-hybridized carbons (Fsp3) is 0.296. The van der Waals surface area contributed by atoms with Crippen LogP contribution in [0.3, 0.4) is 0 Å². The first-order valence-electron chi connectivity index (χ1n) is 12.4. The Hall–Kier alpha value is -4.91. The van der Waals surface area contributed by atoms with Gasteiger partial charge in [-0.25, -0.2) is 4.79 Å². The topological polar surface area (TPSA) is 224 Å². The molecule has 1 aromatic heterocycles. The molecular formula is C27H31N5O8. The molecule has 3 aromatic rings. The summed E-state index contributed by atoms with van der Waals surface area (Å²) in [5, 5.41) is 36.6. The van der Waals surface area contributed by atoms with Crippen molar-refractivity contribution >= 4 is 40.6 Å². The molecule has 0 bridgehead atoms. The zero-order valence-corrected chi connectivity index (χ0v) is 21.4. The van der Waals surface area contributed by atoms with Gasteiger partial charge in [0.1, 0.15) is 23.9 Å². The molecule has 0 saturated carbocycles. The lowest BCUT2D eigenvalue weighted by molar-refractivity contribution is -0.143. The van der Waals surface area contributed by atoms with E-state index in [4.69, 9.17) is 10.8 Å². The summed E-state index contributed by atoms with van der Waals surface area (Å²) in [7, 11) is 0. The summed E-state index contributed by atoms with van der Waals surface area (Å²) in [5.74, 6) is -4.88. The number of hydrogen-bond acceptors (Lipinski definition) is 7. The fourth-order valence-electron chi connectivity index (χ4n) is 4.13. The van der Waals surface area contributed by atoms with Gasteiger partial charge in [0.05, 0.1) is 6.54 Å². The number of benzene rings is 2. The molecule has 3 unspecified atom stereocenters. The Morgan fingerprint density at radius 3 is 2.12 bits per heavy atom. The monoisotopic (exact) mass is 553 g/mol. The number of carboxylic acids is 2. The number of aromatic hydroxyl groups is 1. The summed E-state index contributed by atoms with van der Waals surface area (Å²) in [6.45, 7) is -0.406. The van der Waals surface area contributed by atoms with Crippen LogP contribution in [0.25, 0.3) is 10.9 Å². The second-order valence-electron chi connectivity index (χ2n) is 9.15. The second-order valence-corrected chi connectivity index (χ2v) is 9.15. The van der Waals surface area contributed by atoms with Gasteiger partial charge in [-0.1, -0.05) is 30.3 Å². The van der Waals surface area contributed by atoms with Crippen molar-refractivity contribution in [3.05, 3.63) is 65.9 Å². The smallest absolute Gasteiger partial charge is 0.326 e. The SMILES string of the molecule is NCC(=O)NC(Cc1ccc(O)cc1)C(=O)NC(CCC(=O)O)C(=O)NC(Cc1c[nH]c2ccccc12)C(=O)O. The number of carbonyl (C=O) groups excluding carboxylic acids is 3. The molecule has 0 fully saturated rings. The van der Waals surface area contributed by atoms with Gasteiger partial charge in [-0.15, -0.1) is 0 Å². The molecule has 2 aromatic carbocycles. The van der Waals surface area contributed by atoms with Crippen molar-refractivity contribution in [3.63, 3.8) is 0 Å². The Labute approximate surface area is 228 Å². The predicted molar refractivity (Wildman–Crippen MR) is 143 cm³/mol. The van der Waals surface area contributed by atoms with Crippen LogP contribution >= 0.6 is 0 Å². The molecule has 0 aliphatic rings. The van der Waals surface area contributed by atoms with Gasteiger partial charge in [0.25, 0.3) is 0 Å². The van der Waals surface area contributed by atoms with E-state index in [0.29, 0.717) is 11.1 Å². The molecule has 3 amide bonds. The number of carboxylic acid groups (broad SMARTS) is 2. The number of phenols is 1. The maximum Gasteiger partial charge on any atom is 0.326 e. The predicted octanol–water partition coefficient (Wildman–Crippen LogP) is 0.0212. The number of hydrogen-bond donors (Lipinski definition) is 8. The maximum absolute atomic E-state index is 13.2. The minimum absolute atomic E-state index is 0.00164. The Balaban J connectivity index is 1.78. The zero-order chi connectivity index (χ0) is 29.2. The molecule has 0 aliphatic carbocycles. The van der Waals surface area contributed by atoms with Crippen LogP contribution in [-0.2, 0) is 36.8 Å². The van der Waals surface area contributed by atoms with Crippen LogP contribution < -0.4 is 21.7 Å². The number of aromatic amines is 1. The number of nitrogens with one attached hydrogen (secondary N) is 4. The highest BCUT2D eigenvalue weighted by Crippen LogP contribution is 2.19. The molecule has 13 heteroatoms. The van der Waals surface area contributed by atoms with Crippen LogP contribution in [0.5, 0.6) is 5.75 Å². The van der Waals surface area contributed by atoms with E-state index < -0.39 is 60.8 Å². The minimum atomic E-state index is -1.41. The van der Waals surface area contributed by atoms with Crippen LogP contribution in [0.2, 0.25) is 0 Å². The quantitative estimate of drug-likeness (QED) is 0.134. The second kappa shape index (κ2) is 13.8. The van der Waals surface area contributed by atoms with E-state index >= 15 is 0 Å². The van der Waals surface area contributed by atoms with Gasteiger partial charge in [0.15, 0.2) is 0 Å². The van der Waals surface area contributed by atoms with E-state index in [9.17, 15) is 34.2 Å². The third kappa shape index (κ3) is 8.30. The average Bonchev–Trinajstić information content (AvgIpc) is 3.33. The van der Waals surface area contributed by atoms with E-state index in [1.165, 1.54) is 12.1 Å². The van der Waals surface area contributed by atoms with Gasteiger partial charge in [-0.3, -0.25) is 19.2 Å². The minimum Gasteiger partial charge on any atom is -0.508 e. The van der Waals surface area contributed by atoms with Crippen molar-refractivity contribution in [1.29, 1.82) is 0 Å². The average molecular weight is 554 g/mol. The maximum atomic E-state index is 13.2. The third-order valence-corrected chi connectivity index (χ3v) is 6.21. The first kappa shape index (κ1) is 29.6. The largest absolute Gasteiger partial charge is 0.508 e. The number of fused-ring (bicyclic) bond motifs is 1. The standard InChI is InChI=1S/C27H31N5O8/c28-13-23(34)30-21(11-15-5-7-17(33)8-6-15)26(38)31-20(9-10-24(35)36)25(37)32-22(27(39)40)12-16-14-29-19-4-2-1-3-18(16)19/h1-8,14,20-22,29,33H,9-13,28H2,(H,30,34)(H,31,38)(H,32,37)(H,35,36)(H,39,40). The van der Waals surface area contributed by atoms with Gasteiger partial charge < -0.3 is 42.0 Å². The van der Waals surface area contributed by atoms with Crippen molar-refractivity contribution in [1.82, 2.24) is 20.9 Å². The Kier molecular flexibility index (Phi) is 10.2. The number of nitrogens with two attached hydrogens (primary N) is 1. The number of rotatable bonds is 14. The summed E-state index contributed by atoms with van der Waals surface area (Å²) in [6, 6.07) is 9.15. The summed E-state index contributed by atoms with van der Waals surface area (Å²) >= 11 is 0. The number of aromatic nitrogens is 1. The van der Waals surface area contributed by atoms with Crippen molar-refractivity contribution in [2.24, 2.45) is 5.73 Å². The van der Waals surface area contributed by atoms with Gasteiger partial charge in [0.2, 0.25) is 17.7 Å². The molecule has 9 N–H and O–H groups in total. The highest BCUT2D eigenvalue weighted by Gasteiger charge is 2.30. The van der Waals surface area contributed by atoms with Crippen LogP contribution in [0.15, 0.2) is 54.7 Å². The fourth-order valence-corrected chi connectivity index (χ4v) is 4.13. The van der Waals surface area contributed by atoms with Crippen molar-refractivity contribution in [3.8, 4) is 5.75 Å². The van der Waals surface area contributed by atoms with Crippen LogP contribution in [0.1, 0.15) is 24.0 Å². The molecule has 0 radical (unpaired) electrons. The Morgan fingerprint density at radius 1 is 0.825 bits per heavy atom. The zero-order valence-electron chi connectivity index (χ0n) is 21.4. The molecule has 212 valence electrons. The number of carbonyl (C=O) groups is 5. The van der Waals surface area contributed by atoms with E-state index in [1.807, 2.05) is 18.2 Å². The van der Waals surface area contributed by atoms with Crippen molar-refractivity contribution < 1.29 is 39.3 Å². The first-order valence-corrected chi connectivity index (χ1v) is 12.4. The van der Waals surface area contributed by atoms with Crippen LogP contribution in [-0.4, -0.2) is 74.6 Å². The molecule has 0 saturated heterocycles. The summed E-state index contributed by atoms with van der Waals surface area (Å²) in [4.78, 5) is 64.6. The highest BCUT2D eigenvalue weighted by atomic mass is 16.4. The highest BCUT2D eigenvalue weighted by molar-refractivity contribution is 5.94. The molecule has 3 rings (SSSR count). The van der Waals surface area contributed by atoms with Gasteiger partial charge >= 0.3 is 11.9 Å². The van der Waals surface area contributed by atoms with Crippen LogP contribution in [0, 0.1) is 0 Å². The molecule has 40 heavy (non-hydrogen) atoms. The third-order valence-electron chi connectivity index (χ3n) is 6.21. The van der Waals surface area contributed by atoms with E-state index in [2.05, 4.69) is 20.9 Å². The number of phenolic OH excluding ortho intramolecular Hbond substituents is 1. The Morgan fingerprint density at radius 2 is 1.48 bits per heavy atom. The van der Waals surface area contributed by atoms with E-state index in [-0.39, 0.29) is 25.0 Å². The lowest BCUT2D eigenvalue weighted by Gasteiger charge is -2.24. The molecule has 3 atom stereocenters. The summed E-state index contributed by atoms with van der Waals surface area (Å²) in [5.41, 5.74) is 7.39.